The number of carbonyl (C=O) groups is 1. The number of anilines is 1. The monoisotopic (exact) mass is 297 g/mol. The number of nitrogens with zero attached hydrogens (tertiary/aromatic N) is 2. The number of nitrogens with two attached hydrogens (primary N) is 1. The zero-order chi connectivity index (χ0) is 14.9. The second-order valence-corrected chi connectivity index (χ2v) is 5.39. The highest BCUT2D eigenvalue weighted by atomic mass is 32.1. The lowest BCUT2D eigenvalue weighted by Gasteiger charge is -2.17. The minimum Gasteiger partial charge on any atom is -0.375 e. The number of thiazole rings is 1. The summed E-state index contributed by atoms with van der Waals surface area (Å²) >= 11 is 1.09. The number of aryl methyl sites for hydroxylation is 1. The normalized spacial score (nSPS) is 10.6. The van der Waals surface area contributed by atoms with Crippen LogP contribution < -0.4 is 5.73 Å². The van der Waals surface area contributed by atoms with E-state index in [0.717, 1.165) is 23.5 Å². The lowest BCUT2D eigenvalue weighted by atomic mass is 10.2. The van der Waals surface area contributed by atoms with Crippen LogP contribution in [0.2, 0.25) is 0 Å². The maximum atomic E-state index is 13.6. The lowest BCUT2D eigenvalue weighted by Crippen LogP contribution is -2.26. The van der Waals surface area contributed by atoms with E-state index in [1.165, 1.54) is 11.0 Å². The van der Waals surface area contributed by atoms with Crippen molar-refractivity contribution in [3.63, 3.8) is 0 Å². The third kappa shape index (κ3) is 2.93. The van der Waals surface area contributed by atoms with Gasteiger partial charge >= 0.3 is 0 Å². The van der Waals surface area contributed by atoms with Crippen LogP contribution in [0.1, 0.15) is 20.9 Å². The fourth-order valence-corrected chi connectivity index (χ4v) is 2.59. The Bertz CT molecular complexity index is 657. The number of halogens is 2. The molecule has 20 heavy (non-hydrogen) atoms. The van der Waals surface area contributed by atoms with E-state index in [4.69, 9.17) is 5.73 Å². The van der Waals surface area contributed by atoms with Crippen LogP contribution in [0, 0.1) is 18.6 Å². The molecule has 1 amide bonds. The van der Waals surface area contributed by atoms with E-state index < -0.39 is 11.6 Å². The summed E-state index contributed by atoms with van der Waals surface area (Å²) in [4.78, 5) is 17.9. The molecule has 1 heterocycles. The Hall–Kier alpha value is -2.02. The summed E-state index contributed by atoms with van der Waals surface area (Å²) in [5, 5.41) is 0.312. The fraction of sp³-hybridized carbons (Fsp3) is 0.231. The van der Waals surface area contributed by atoms with Gasteiger partial charge in [-0.3, -0.25) is 4.79 Å². The number of hydrogen-bond acceptors (Lipinski definition) is 4. The van der Waals surface area contributed by atoms with Crippen molar-refractivity contribution in [1.29, 1.82) is 0 Å². The first-order chi connectivity index (χ1) is 9.38. The lowest BCUT2D eigenvalue weighted by molar-refractivity contribution is 0.0787. The first-order valence-electron chi connectivity index (χ1n) is 5.80. The standard InChI is InChI=1S/C13H13F2N3OS/c1-7-11(20-13(16)17-7)12(19)18(2)6-8-3-4-9(14)5-10(8)15/h3-5H,6H2,1-2H3,(H2,16,17). The van der Waals surface area contributed by atoms with Gasteiger partial charge in [0.15, 0.2) is 5.13 Å². The molecule has 2 N–H and O–H groups in total. The minimum absolute atomic E-state index is 0.0438. The number of carbonyl (C=O) groups excluding carboxylic acids is 1. The van der Waals surface area contributed by atoms with Gasteiger partial charge in [0.1, 0.15) is 16.5 Å². The summed E-state index contributed by atoms with van der Waals surface area (Å²) in [7, 11) is 1.54. The fourth-order valence-electron chi connectivity index (χ4n) is 1.77. The van der Waals surface area contributed by atoms with Crippen molar-refractivity contribution < 1.29 is 13.6 Å². The van der Waals surface area contributed by atoms with E-state index in [1.807, 2.05) is 0 Å². The van der Waals surface area contributed by atoms with Gasteiger partial charge in [0.05, 0.1) is 5.69 Å². The highest BCUT2D eigenvalue weighted by molar-refractivity contribution is 7.17. The molecule has 4 nitrogen and oxygen atoms in total. The van der Waals surface area contributed by atoms with Crippen molar-refractivity contribution in [2.24, 2.45) is 0 Å². The summed E-state index contributed by atoms with van der Waals surface area (Å²) in [6, 6.07) is 3.28. The zero-order valence-corrected chi connectivity index (χ0v) is 11.8. The van der Waals surface area contributed by atoms with Crippen LogP contribution in [0.4, 0.5) is 13.9 Å². The van der Waals surface area contributed by atoms with Gasteiger partial charge in [-0.2, -0.15) is 0 Å². The Morgan fingerprint density at radius 2 is 2.15 bits per heavy atom. The van der Waals surface area contributed by atoms with Crippen LogP contribution in [0.15, 0.2) is 18.2 Å². The summed E-state index contributed by atoms with van der Waals surface area (Å²) in [6.07, 6.45) is 0. The quantitative estimate of drug-likeness (QED) is 0.947. The van der Waals surface area contributed by atoms with Crippen LogP contribution in [-0.4, -0.2) is 22.8 Å². The van der Waals surface area contributed by atoms with Gasteiger partial charge in [0.25, 0.3) is 5.91 Å². The van der Waals surface area contributed by atoms with E-state index in [2.05, 4.69) is 4.98 Å². The van der Waals surface area contributed by atoms with Crippen molar-refractivity contribution in [1.82, 2.24) is 9.88 Å². The molecule has 0 saturated heterocycles. The molecule has 2 aromatic rings. The topological polar surface area (TPSA) is 59.2 Å². The molecular weight excluding hydrogens is 284 g/mol. The molecule has 0 bridgehead atoms. The maximum Gasteiger partial charge on any atom is 0.265 e. The largest absolute Gasteiger partial charge is 0.375 e. The molecule has 0 aliphatic rings. The molecule has 0 spiro atoms. The SMILES string of the molecule is Cc1nc(N)sc1C(=O)N(C)Cc1ccc(F)cc1F. The summed E-state index contributed by atoms with van der Waals surface area (Å²) in [5.74, 6) is -1.61. The number of aromatic nitrogens is 1. The zero-order valence-electron chi connectivity index (χ0n) is 11.0. The highest BCUT2D eigenvalue weighted by Gasteiger charge is 2.19. The molecule has 0 radical (unpaired) electrons. The van der Waals surface area contributed by atoms with Gasteiger partial charge < -0.3 is 10.6 Å². The Morgan fingerprint density at radius 1 is 1.45 bits per heavy atom. The van der Waals surface area contributed by atoms with Gasteiger partial charge in [-0.25, -0.2) is 13.8 Å². The molecular formula is C13H13F2N3OS. The third-order valence-corrected chi connectivity index (χ3v) is 3.75. The van der Waals surface area contributed by atoms with Gasteiger partial charge in [-0.1, -0.05) is 17.4 Å². The molecule has 7 heteroatoms. The Kier molecular flexibility index (Phi) is 3.99. The first-order valence-corrected chi connectivity index (χ1v) is 6.62. The summed E-state index contributed by atoms with van der Waals surface area (Å²) in [6.45, 7) is 1.73. The van der Waals surface area contributed by atoms with Crippen LogP contribution in [-0.2, 0) is 6.54 Å². The van der Waals surface area contributed by atoms with E-state index in [1.54, 1.807) is 14.0 Å². The van der Waals surface area contributed by atoms with Crippen molar-refractivity contribution >= 4 is 22.4 Å². The first kappa shape index (κ1) is 14.4. The Balaban J connectivity index is 2.17. The molecule has 0 atom stereocenters. The summed E-state index contributed by atoms with van der Waals surface area (Å²) in [5.41, 5.74) is 6.34. The van der Waals surface area contributed by atoms with Gasteiger partial charge in [-0.05, 0) is 13.0 Å². The third-order valence-electron chi connectivity index (χ3n) is 2.78. The molecule has 2 rings (SSSR count). The van der Waals surface area contributed by atoms with E-state index in [-0.39, 0.29) is 18.0 Å². The number of benzene rings is 1. The van der Waals surface area contributed by atoms with Gasteiger partial charge in [0.2, 0.25) is 0 Å². The number of nitrogen functional groups attached to an aromatic ring is 1. The van der Waals surface area contributed by atoms with E-state index in [9.17, 15) is 13.6 Å². The molecule has 106 valence electrons. The highest BCUT2D eigenvalue weighted by Crippen LogP contribution is 2.22. The molecule has 1 aromatic heterocycles. The average molecular weight is 297 g/mol. The molecule has 0 unspecified atom stereocenters. The van der Waals surface area contributed by atoms with Crippen molar-refractivity contribution in [2.45, 2.75) is 13.5 Å². The molecule has 0 fully saturated rings. The Labute approximate surface area is 118 Å². The molecule has 1 aromatic carbocycles. The van der Waals surface area contributed by atoms with Crippen molar-refractivity contribution in [3.05, 3.63) is 46.0 Å². The average Bonchev–Trinajstić information content (AvgIpc) is 2.71. The van der Waals surface area contributed by atoms with Gasteiger partial charge in [-0.15, -0.1) is 0 Å². The minimum atomic E-state index is -0.676. The second-order valence-electron chi connectivity index (χ2n) is 4.36. The van der Waals surface area contributed by atoms with Crippen LogP contribution in [0.5, 0.6) is 0 Å². The van der Waals surface area contributed by atoms with Crippen LogP contribution >= 0.6 is 11.3 Å². The van der Waals surface area contributed by atoms with E-state index >= 15 is 0 Å². The second kappa shape index (κ2) is 5.54. The molecule has 0 aliphatic heterocycles. The summed E-state index contributed by atoms with van der Waals surface area (Å²) < 4.78 is 26.4. The predicted molar refractivity (Wildman–Crippen MR) is 73.4 cm³/mol. The predicted octanol–water partition coefficient (Wildman–Crippen LogP) is 2.58. The van der Waals surface area contributed by atoms with Crippen molar-refractivity contribution in [2.75, 3.05) is 12.8 Å². The smallest absolute Gasteiger partial charge is 0.265 e. The Morgan fingerprint density at radius 3 is 2.70 bits per heavy atom. The number of amides is 1. The van der Waals surface area contributed by atoms with Crippen molar-refractivity contribution in [3.8, 4) is 0 Å². The van der Waals surface area contributed by atoms with Gasteiger partial charge in [0, 0.05) is 25.2 Å². The van der Waals surface area contributed by atoms with Crippen LogP contribution in [0.3, 0.4) is 0 Å². The number of hydrogen-bond donors (Lipinski definition) is 1. The van der Waals surface area contributed by atoms with E-state index in [0.29, 0.717) is 15.7 Å². The maximum absolute atomic E-state index is 13.6. The molecule has 0 aliphatic carbocycles. The number of rotatable bonds is 3. The van der Waals surface area contributed by atoms with Crippen LogP contribution in [0.25, 0.3) is 0 Å². The molecule has 0 saturated carbocycles.